The lowest BCUT2D eigenvalue weighted by atomic mass is 10.1. The van der Waals surface area contributed by atoms with Crippen LogP contribution in [0, 0.1) is 11.3 Å². The van der Waals surface area contributed by atoms with Gasteiger partial charge in [-0.2, -0.15) is 5.26 Å². The number of nitriles is 1. The first-order valence-electron chi connectivity index (χ1n) is 10.2. The molecule has 0 bridgehead atoms. The fourth-order valence-corrected chi connectivity index (χ4v) is 5.16. The molecule has 1 aromatic heterocycles. The molecular weight excluding hydrogens is 400 g/mol. The number of benzene rings is 1. The van der Waals surface area contributed by atoms with Gasteiger partial charge in [-0.25, -0.2) is 0 Å². The molecule has 156 valence electrons. The van der Waals surface area contributed by atoms with Gasteiger partial charge in [-0.05, 0) is 49.8 Å². The van der Waals surface area contributed by atoms with Crippen LogP contribution in [0.25, 0.3) is 0 Å². The Kier molecular flexibility index (Phi) is 6.31. The summed E-state index contributed by atoms with van der Waals surface area (Å²) in [7, 11) is 0. The summed E-state index contributed by atoms with van der Waals surface area (Å²) >= 11 is 1.49. The number of thiophene rings is 1. The quantitative estimate of drug-likeness (QED) is 0.634. The van der Waals surface area contributed by atoms with Crippen LogP contribution in [0.5, 0.6) is 0 Å². The number of aryl methyl sites for hydroxylation is 1. The van der Waals surface area contributed by atoms with Crippen molar-refractivity contribution in [3.8, 4) is 6.07 Å². The molecule has 1 unspecified atom stereocenters. The monoisotopic (exact) mass is 424 g/mol. The molecule has 2 amide bonds. The van der Waals surface area contributed by atoms with Gasteiger partial charge in [0.1, 0.15) is 11.1 Å². The number of para-hydroxylation sites is 1. The van der Waals surface area contributed by atoms with Crippen LogP contribution in [0.15, 0.2) is 24.3 Å². The minimum atomic E-state index is -0.249. The van der Waals surface area contributed by atoms with Crippen molar-refractivity contribution in [3.63, 3.8) is 0 Å². The second-order valence-electron chi connectivity index (χ2n) is 7.47. The van der Waals surface area contributed by atoms with Crippen molar-refractivity contribution in [1.82, 2.24) is 5.32 Å². The lowest BCUT2D eigenvalue weighted by molar-refractivity contribution is -0.114. The minimum absolute atomic E-state index is 0.00344. The molecule has 8 heteroatoms. The molecule has 1 fully saturated rings. The Morgan fingerprint density at radius 2 is 2.10 bits per heavy atom. The van der Waals surface area contributed by atoms with Crippen LogP contribution in [-0.4, -0.2) is 37.6 Å². The Hall–Kier alpha value is -2.89. The molecule has 1 aliphatic carbocycles. The number of nitrogens with zero attached hydrogens (tertiary/aromatic N) is 1. The number of anilines is 2. The lowest BCUT2D eigenvalue weighted by Crippen LogP contribution is -2.32. The average molecular weight is 425 g/mol. The zero-order valence-electron chi connectivity index (χ0n) is 16.6. The van der Waals surface area contributed by atoms with Gasteiger partial charge in [-0.15, -0.1) is 11.3 Å². The normalized spacial score (nSPS) is 17.2. The molecule has 7 nitrogen and oxygen atoms in total. The Morgan fingerprint density at radius 1 is 1.23 bits per heavy atom. The van der Waals surface area contributed by atoms with Gasteiger partial charge < -0.3 is 20.7 Å². The van der Waals surface area contributed by atoms with Crippen molar-refractivity contribution in [2.45, 2.75) is 38.2 Å². The van der Waals surface area contributed by atoms with Crippen LogP contribution >= 0.6 is 11.3 Å². The number of carbonyl (C=O) groups is 2. The Morgan fingerprint density at radius 3 is 2.90 bits per heavy atom. The number of hydrogen-bond acceptors (Lipinski definition) is 6. The van der Waals surface area contributed by atoms with E-state index in [-0.39, 0.29) is 24.5 Å². The molecule has 4 rings (SSSR count). The highest BCUT2D eigenvalue weighted by molar-refractivity contribution is 7.16. The number of ether oxygens (including phenoxy) is 1. The zero-order valence-corrected chi connectivity index (χ0v) is 17.4. The van der Waals surface area contributed by atoms with Crippen molar-refractivity contribution in [1.29, 1.82) is 5.26 Å². The van der Waals surface area contributed by atoms with Crippen molar-refractivity contribution in [2.75, 3.05) is 30.3 Å². The van der Waals surface area contributed by atoms with E-state index < -0.39 is 0 Å². The van der Waals surface area contributed by atoms with Crippen molar-refractivity contribution < 1.29 is 14.3 Å². The van der Waals surface area contributed by atoms with Gasteiger partial charge in [0.15, 0.2) is 0 Å². The largest absolute Gasteiger partial charge is 0.376 e. The van der Waals surface area contributed by atoms with E-state index in [1.807, 2.05) is 6.07 Å². The van der Waals surface area contributed by atoms with E-state index in [1.165, 1.54) is 16.2 Å². The summed E-state index contributed by atoms with van der Waals surface area (Å²) in [5.74, 6) is -0.448. The van der Waals surface area contributed by atoms with Crippen LogP contribution < -0.4 is 16.0 Å². The zero-order chi connectivity index (χ0) is 20.9. The van der Waals surface area contributed by atoms with E-state index >= 15 is 0 Å². The molecular formula is C22H24N4O3S. The Labute approximate surface area is 179 Å². The summed E-state index contributed by atoms with van der Waals surface area (Å²) in [5.41, 5.74) is 2.75. The van der Waals surface area contributed by atoms with Gasteiger partial charge in [0.05, 0.1) is 23.8 Å². The van der Waals surface area contributed by atoms with Crippen molar-refractivity contribution >= 4 is 33.8 Å². The van der Waals surface area contributed by atoms with Gasteiger partial charge in [0.25, 0.3) is 5.91 Å². The predicted molar refractivity (Wildman–Crippen MR) is 116 cm³/mol. The van der Waals surface area contributed by atoms with Crippen LogP contribution in [0.4, 0.5) is 10.7 Å². The van der Waals surface area contributed by atoms with E-state index in [1.54, 1.807) is 18.2 Å². The number of rotatable bonds is 7. The van der Waals surface area contributed by atoms with E-state index in [0.29, 0.717) is 28.4 Å². The first kappa shape index (κ1) is 20.4. The Balaban J connectivity index is 1.35. The van der Waals surface area contributed by atoms with Gasteiger partial charge in [0.2, 0.25) is 5.91 Å². The fourth-order valence-electron chi connectivity index (χ4n) is 3.90. The van der Waals surface area contributed by atoms with Crippen molar-refractivity contribution in [3.05, 3.63) is 45.8 Å². The minimum Gasteiger partial charge on any atom is -0.376 e. The molecule has 2 aromatic rings. The third kappa shape index (κ3) is 4.48. The van der Waals surface area contributed by atoms with Gasteiger partial charge in [0, 0.05) is 23.7 Å². The summed E-state index contributed by atoms with van der Waals surface area (Å²) < 4.78 is 5.54. The second kappa shape index (κ2) is 9.28. The SMILES string of the molecule is N#Cc1c(NC(=O)CNc2ccccc2C(=O)NCC2CCCO2)sc2c1CCC2. The first-order chi connectivity index (χ1) is 14.7. The maximum Gasteiger partial charge on any atom is 0.253 e. The van der Waals surface area contributed by atoms with Gasteiger partial charge in [-0.1, -0.05) is 12.1 Å². The molecule has 30 heavy (non-hydrogen) atoms. The third-order valence-corrected chi connectivity index (χ3v) is 6.62. The molecule has 0 radical (unpaired) electrons. The van der Waals surface area contributed by atoms with E-state index in [9.17, 15) is 14.9 Å². The van der Waals surface area contributed by atoms with Crippen LogP contribution in [0.2, 0.25) is 0 Å². The molecule has 1 aromatic carbocycles. The fraction of sp³-hybridized carbons (Fsp3) is 0.409. The number of nitrogens with one attached hydrogen (secondary N) is 3. The smallest absolute Gasteiger partial charge is 0.253 e. The first-order valence-corrected chi connectivity index (χ1v) is 11.0. The Bertz CT molecular complexity index is 989. The molecule has 3 N–H and O–H groups in total. The molecule has 1 atom stereocenters. The van der Waals surface area contributed by atoms with Crippen LogP contribution in [-0.2, 0) is 22.4 Å². The second-order valence-corrected chi connectivity index (χ2v) is 8.57. The number of fused-ring (bicyclic) bond motifs is 1. The standard InChI is InChI=1S/C22H24N4O3S/c23-11-17-15-7-3-9-19(15)30-22(17)26-20(27)13-24-18-8-2-1-6-16(18)21(28)25-12-14-5-4-10-29-14/h1-2,6,8,14,24H,3-5,7,9-10,12-13H2,(H,25,28)(H,26,27). The summed E-state index contributed by atoms with van der Waals surface area (Å²) in [6.45, 7) is 1.23. The summed E-state index contributed by atoms with van der Waals surface area (Å²) in [6, 6.07) is 9.33. The van der Waals surface area contributed by atoms with Crippen LogP contribution in [0.1, 0.15) is 45.6 Å². The highest BCUT2D eigenvalue weighted by Gasteiger charge is 2.23. The molecule has 2 aliphatic rings. The van der Waals surface area contributed by atoms with E-state index in [0.717, 1.165) is 44.3 Å². The summed E-state index contributed by atoms with van der Waals surface area (Å²) in [4.78, 5) is 26.2. The van der Waals surface area contributed by atoms with Crippen molar-refractivity contribution in [2.24, 2.45) is 0 Å². The molecule has 2 heterocycles. The van der Waals surface area contributed by atoms with Gasteiger partial charge in [-0.3, -0.25) is 9.59 Å². The van der Waals surface area contributed by atoms with E-state index in [4.69, 9.17) is 4.74 Å². The summed E-state index contributed by atoms with van der Waals surface area (Å²) in [5, 5.41) is 18.9. The number of amides is 2. The average Bonchev–Trinajstić information content (AvgIpc) is 3.48. The van der Waals surface area contributed by atoms with E-state index in [2.05, 4.69) is 22.0 Å². The molecule has 0 saturated carbocycles. The highest BCUT2D eigenvalue weighted by Crippen LogP contribution is 2.38. The lowest BCUT2D eigenvalue weighted by Gasteiger charge is -2.14. The number of hydrogen-bond donors (Lipinski definition) is 3. The maximum absolute atomic E-state index is 12.6. The maximum atomic E-state index is 12.6. The molecule has 1 aliphatic heterocycles. The van der Waals surface area contributed by atoms with Gasteiger partial charge >= 0.3 is 0 Å². The molecule has 0 spiro atoms. The predicted octanol–water partition coefficient (Wildman–Crippen LogP) is 3.07. The molecule has 1 saturated heterocycles. The number of carbonyl (C=O) groups excluding carboxylic acids is 2. The topological polar surface area (TPSA) is 103 Å². The summed E-state index contributed by atoms with van der Waals surface area (Å²) in [6.07, 6.45) is 4.99. The third-order valence-electron chi connectivity index (χ3n) is 5.41. The van der Waals surface area contributed by atoms with Crippen LogP contribution in [0.3, 0.4) is 0 Å². The highest BCUT2D eigenvalue weighted by atomic mass is 32.1.